The summed E-state index contributed by atoms with van der Waals surface area (Å²) >= 11 is 6.36. The van der Waals surface area contributed by atoms with Crippen molar-refractivity contribution in [2.24, 2.45) is 5.41 Å². The Kier molecular flexibility index (Phi) is 4.98. The van der Waals surface area contributed by atoms with E-state index in [-0.39, 0.29) is 24.7 Å². The van der Waals surface area contributed by atoms with Gasteiger partial charge in [-0.05, 0) is 42.5 Å². The molecule has 1 atom stereocenters. The number of rotatable bonds is 4. The number of benzene rings is 2. The Hall–Kier alpha value is -2.99. The lowest BCUT2D eigenvalue weighted by Gasteiger charge is -2.40. The second-order valence-corrected chi connectivity index (χ2v) is 12.3. The summed E-state index contributed by atoms with van der Waals surface area (Å²) in [6.07, 6.45) is 5.10. The fraction of sp³-hybridized carbons (Fsp3) is 0.346. The van der Waals surface area contributed by atoms with E-state index in [0.717, 1.165) is 27.6 Å². The van der Waals surface area contributed by atoms with Crippen LogP contribution in [0.4, 0.5) is 5.69 Å². The average Bonchev–Trinajstić information content (AvgIpc) is 3.55. The molecule has 0 unspecified atom stereocenters. The molecule has 2 aliphatic heterocycles. The van der Waals surface area contributed by atoms with Gasteiger partial charge in [0.1, 0.15) is 0 Å². The molecular formula is C26H23ClN4O3S. The molecule has 1 aliphatic carbocycles. The highest BCUT2D eigenvalue weighted by atomic mass is 35.5. The van der Waals surface area contributed by atoms with E-state index >= 15 is 0 Å². The molecule has 3 aliphatic rings. The van der Waals surface area contributed by atoms with Crippen molar-refractivity contribution >= 4 is 44.0 Å². The number of anilines is 1. The number of pyridine rings is 1. The van der Waals surface area contributed by atoms with Crippen LogP contribution in [0.5, 0.6) is 0 Å². The van der Waals surface area contributed by atoms with Crippen LogP contribution in [0.3, 0.4) is 0 Å². The molecule has 2 aromatic carbocycles. The summed E-state index contributed by atoms with van der Waals surface area (Å²) in [6, 6.07) is 15.3. The van der Waals surface area contributed by atoms with E-state index in [1.165, 1.54) is 4.31 Å². The molecule has 3 heterocycles. The highest BCUT2D eigenvalue weighted by Gasteiger charge is 2.56. The summed E-state index contributed by atoms with van der Waals surface area (Å²) in [6.45, 7) is 0.648. The van der Waals surface area contributed by atoms with Crippen LogP contribution >= 0.6 is 11.6 Å². The molecule has 3 aromatic rings. The number of fused-ring (bicyclic) bond motifs is 3. The molecule has 178 valence electrons. The zero-order chi connectivity index (χ0) is 24.4. The van der Waals surface area contributed by atoms with Gasteiger partial charge in [0, 0.05) is 41.6 Å². The minimum atomic E-state index is -3.75. The lowest BCUT2D eigenvalue weighted by atomic mass is 9.74. The number of carbonyl (C=O) groups is 1. The fourth-order valence-corrected chi connectivity index (χ4v) is 7.71. The maximum absolute atomic E-state index is 14.2. The van der Waals surface area contributed by atoms with Crippen LogP contribution in [0.25, 0.3) is 10.8 Å². The van der Waals surface area contributed by atoms with Gasteiger partial charge in [-0.2, -0.15) is 9.57 Å². The van der Waals surface area contributed by atoms with E-state index in [2.05, 4.69) is 11.1 Å². The molecule has 1 spiro atoms. The molecular weight excluding hydrogens is 484 g/mol. The van der Waals surface area contributed by atoms with Gasteiger partial charge in [-0.15, -0.1) is 0 Å². The predicted molar refractivity (Wildman–Crippen MR) is 133 cm³/mol. The number of carbonyl (C=O) groups excluding carboxylic acids is 1. The molecule has 0 radical (unpaired) electrons. The van der Waals surface area contributed by atoms with Gasteiger partial charge >= 0.3 is 0 Å². The number of hydrogen-bond donors (Lipinski definition) is 0. The van der Waals surface area contributed by atoms with Crippen LogP contribution in [0, 0.1) is 16.7 Å². The molecule has 35 heavy (non-hydrogen) atoms. The van der Waals surface area contributed by atoms with Crippen molar-refractivity contribution in [3.63, 3.8) is 0 Å². The third-order valence-corrected chi connectivity index (χ3v) is 9.88. The van der Waals surface area contributed by atoms with E-state index in [1.807, 2.05) is 30.3 Å². The van der Waals surface area contributed by atoms with E-state index in [9.17, 15) is 18.5 Å². The summed E-state index contributed by atoms with van der Waals surface area (Å²) in [5.41, 5.74) is 0.434. The van der Waals surface area contributed by atoms with Crippen molar-refractivity contribution in [3.8, 4) is 6.07 Å². The molecule has 1 saturated heterocycles. The van der Waals surface area contributed by atoms with Crippen molar-refractivity contribution in [3.05, 3.63) is 71.0 Å². The fourth-order valence-electron chi connectivity index (χ4n) is 5.55. The highest BCUT2D eigenvalue weighted by molar-refractivity contribution is 7.89. The van der Waals surface area contributed by atoms with Crippen LogP contribution in [-0.2, 0) is 26.8 Å². The summed E-state index contributed by atoms with van der Waals surface area (Å²) in [5, 5.41) is 11.9. The quantitative estimate of drug-likeness (QED) is 0.533. The number of aromatic nitrogens is 1. The lowest BCUT2D eigenvalue weighted by molar-refractivity contribution is -0.122. The summed E-state index contributed by atoms with van der Waals surface area (Å²) < 4.78 is 28.3. The van der Waals surface area contributed by atoms with Crippen LogP contribution < -0.4 is 4.90 Å². The van der Waals surface area contributed by atoms with Gasteiger partial charge in [0.15, 0.2) is 0 Å². The first-order valence-corrected chi connectivity index (χ1v) is 13.6. The van der Waals surface area contributed by atoms with Gasteiger partial charge in [-0.25, -0.2) is 8.42 Å². The van der Waals surface area contributed by atoms with Crippen LogP contribution in [-0.4, -0.2) is 42.5 Å². The van der Waals surface area contributed by atoms with Crippen molar-refractivity contribution in [1.29, 1.82) is 5.26 Å². The Balaban J connectivity index is 1.43. The number of amides is 1. The maximum Gasteiger partial charge on any atom is 0.239 e. The minimum absolute atomic E-state index is 0.0394. The van der Waals surface area contributed by atoms with Crippen LogP contribution in [0.15, 0.2) is 54.9 Å². The van der Waals surface area contributed by atoms with Crippen LogP contribution in [0.1, 0.15) is 30.4 Å². The van der Waals surface area contributed by atoms with Crippen molar-refractivity contribution in [2.75, 3.05) is 23.7 Å². The zero-order valence-corrected chi connectivity index (χ0v) is 20.5. The minimum Gasteiger partial charge on any atom is -0.309 e. The average molecular weight is 507 g/mol. The highest BCUT2D eigenvalue weighted by Crippen LogP contribution is 2.49. The van der Waals surface area contributed by atoms with Gasteiger partial charge in [0.2, 0.25) is 15.9 Å². The Morgan fingerprint density at radius 3 is 2.69 bits per heavy atom. The van der Waals surface area contributed by atoms with E-state index in [0.29, 0.717) is 30.8 Å². The second-order valence-electron chi connectivity index (χ2n) is 9.89. The zero-order valence-electron chi connectivity index (χ0n) is 18.9. The summed E-state index contributed by atoms with van der Waals surface area (Å²) in [4.78, 5) is 20.3. The Bertz CT molecular complexity index is 1520. The third kappa shape index (κ3) is 3.53. The Morgan fingerprint density at radius 1 is 1.11 bits per heavy atom. The molecule has 0 N–H and O–H groups in total. The van der Waals surface area contributed by atoms with E-state index in [4.69, 9.17) is 11.6 Å². The molecule has 9 heteroatoms. The van der Waals surface area contributed by atoms with E-state index < -0.39 is 20.9 Å². The number of nitriles is 1. The summed E-state index contributed by atoms with van der Waals surface area (Å²) in [5.74, 6) is -0.360. The molecule has 1 aromatic heterocycles. The van der Waals surface area contributed by atoms with Crippen molar-refractivity contribution < 1.29 is 13.2 Å². The largest absolute Gasteiger partial charge is 0.309 e. The van der Waals surface area contributed by atoms with Crippen LogP contribution in [0.2, 0.25) is 5.02 Å². The van der Waals surface area contributed by atoms with Crippen molar-refractivity contribution in [2.45, 2.75) is 31.2 Å². The standard InChI is InChI=1S/C26H23ClN4O3S/c27-20-6-5-19-14-30(35(33,34)17-25(15-28)7-8-25)16-26(22(19)11-20)9-10-31(24(26)32)23-13-29-12-18-3-1-2-4-21(18)23/h1-6,11-13H,7-10,14,16-17H2/t26-/m1/s1. The number of halogens is 1. The van der Waals surface area contributed by atoms with Gasteiger partial charge in [0.05, 0.1) is 34.5 Å². The molecule has 1 amide bonds. The molecule has 6 rings (SSSR count). The third-order valence-electron chi connectivity index (χ3n) is 7.68. The topological polar surface area (TPSA) is 94.4 Å². The smallest absolute Gasteiger partial charge is 0.239 e. The monoisotopic (exact) mass is 506 g/mol. The Morgan fingerprint density at radius 2 is 1.91 bits per heavy atom. The first-order valence-electron chi connectivity index (χ1n) is 11.6. The van der Waals surface area contributed by atoms with Gasteiger partial charge in [0.25, 0.3) is 0 Å². The Labute approximate surface area is 209 Å². The number of sulfonamides is 1. The molecule has 0 bridgehead atoms. The summed E-state index contributed by atoms with van der Waals surface area (Å²) in [7, 11) is -3.75. The number of hydrogen-bond acceptors (Lipinski definition) is 5. The normalized spacial score (nSPS) is 23.4. The van der Waals surface area contributed by atoms with E-state index in [1.54, 1.807) is 29.4 Å². The van der Waals surface area contributed by atoms with Gasteiger partial charge in [-0.3, -0.25) is 9.78 Å². The number of nitrogens with zero attached hydrogens (tertiary/aromatic N) is 4. The first kappa shape index (κ1) is 22.5. The van der Waals surface area contributed by atoms with Gasteiger partial charge in [-0.1, -0.05) is 41.9 Å². The van der Waals surface area contributed by atoms with Crippen molar-refractivity contribution in [1.82, 2.24) is 9.29 Å². The maximum atomic E-state index is 14.2. The van der Waals surface area contributed by atoms with Gasteiger partial charge < -0.3 is 4.90 Å². The predicted octanol–water partition coefficient (Wildman–Crippen LogP) is 4.01. The SMILES string of the molecule is N#CC1(CS(=O)(=O)N2Cc3ccc(Cl)cc3[C@@]3(CCN(c4cncc5ccccc45)C3=O)C2)CC1. The molecule has 2 fully saturated rings. The second kappa shape index (κ2) is 7.76. The lowest BCUT2D eigenvalue weighted by Crippen LogP contribution is -2.53. The first-order chi connectivity index (χ1) is 16.8. The molecule has 1 saturated carbocycles. The molecule has 7 nitrogen and oxygen atoms in total.